The van der Waals surface area contributed by atoms with E-state index in [4.69, 9.17) is 5.11 Å². The molecule has 0 aliphatic carbocycles. The van der Waals surface area contributed by atoms with Gasteiger partial charge in [0.05, 0.1) is 11.8 Å². The largest absolute Gasteiger partial charge is 0.478 e. The van der Waals surface area contributed by atoms with E-state index in [2.05, 4.69) is 17.0 Å². The van der Waals surface area contributed by atoms with Crippen LogP contribution in [0.3, 0.4) is 0 Å². The van der Waals surface area contributed by atoms with Crippen LogP contribution in [0.15, 0.2) is 24.7 Å². The molecule has 0 aliphatic rings. The first-order valence-corrected chi connectivity index (χ1v) is 5.84. The minimum atomic E-state index is -0.972. The molecule has 2 aromatic rings. The Morgan fingerprint density at radius 1 is 1.44 bits per heavy atom. The molecule has 0 unspecified atom stereocenters. The predicted octanol–water partition coefficient (Wildman–Crippen LogP) is 2.36. The van der Waals surface area contributed by atoms with Crippen molar-refractivity contribution in [2.45, 2.75) is 26.8 Å². The lowest BCUT2D eigenvalue weighted by molar-refractivity contribution is 0.0697. The van der Waals surface area contributed by atoms with E-state index in [0.29, 0.717) is 5.56 Å². The van der Waals surface area contributed by atoms with Crippen molar-refractivity contribution in [1.82, 2.24) is 14.8 Å². The molecule has 0 aromatic carbocycles. The molecule has 0 saturated carbocycles. The standard InChI is InChI=1S/C13H15N3O2/c1-3-4-16-8-10(6-15-16)11-5-9(2)14-7-12(11)13(17)18/h5-8H,3-4H2,1-2H3,(H,17,18). The Morgan fingerprint density at radius 3 is 2.89 bits per heavy atom. The SMILES string of the molecule is CCCn1cc(-c2cc(C)ncc2C(=O)O)cn1. The minimum Gasteiger partial charge on any atom is -0.478 e. The van der Waals surface area contributed by atoms with Crippen molar-refractivity contribution in [2.75, 3.05) is 0 Å². The number of aryl methyl sites for hydroxylation is 2. The van der Waals surface area contributed by atoms with Gasteiger partial charge in [-0.05, 0) is 19.4 Å². The summed E-state index contributed by atoms with van der Waals surface area (Å²) in [6.45, 7) is 4.73. The lowest BCUT2D eigenvalue weighted by Gasteiger charge is -2.04. The normalized spacial score (nSPS) is 10.6. The van der Waals surface area contributed by atoms with Crippen molar-refractivity contribution in [3.05, 3.63) is 35.9 Å². The Kier molecular flexibility index (Phi) is 3.41. The highest BCUT2D eigenvalue weighted by Crippen LogP contribution is 2.23. The van der Waals surface area contributed by atoms with Gasteiger partial charge in [-0.15, -0.1) is 0 Å². The van der Waals surface area contributed by atoms with Crippen LogP contribution in [0.2, 0.25) is 0 Å². The average Bonchev–Trinajstić information content (AvgIpc) is 2.77. The summed E-state index contributed by atoms with van der Waals surface area (Å²) in [5.41, 5.74) is 2.47. The highest BCUT2D eigenvalue weighted by molar-refractivity contribution is 5.95. The molecule has 0 bridgehead atoms. The summed E-state index contributed by atoms with van der Waals surface area (Å²) in [5.74, 6) is -0.972. The first kappa shape index (κ1) is 12.3. The quantitative estimate of drug-likeness (QED) is 0.897. The van der Waals surface area contributed by atoms with E-state index in [1.807, 2.05) is 17.8 Å². The van der Waals surface area contributed by atoms with Crippen molar-refractivity contribution >= 4 is 5.97 Å². The summed E-state index contributed by atoms with van der Waals surface area (Å²) in [7, 11) is 0. The van der Waals surface area contributed by atoms with Crippen LogP contribution >= 0.6 is 0 Å². The number of hydrogen-bond acceptors (Lipinski definition) is 3. The smallest absolute Gasteiger partial charge is 0.337 e. The molecule has 0 radical (unpaired) electrons. The van der Waals surface area contributed by atoms with Gasteiger partial charge in [-0.1, -0.05) is 6.92 Å². The molecule has 0 atom stereocenters. The Labute approximate surface area is 105 Å². The Morgan fingerprint density at radius 2 is 2.22 bits per heavy atom. The van der Waals surface area contributed by atoms with Gasteiger partial charge >= 0.3 is 5.97 Å². The zero-order chi connectivity index (χ0) is 13.1. The van der Waals surface area contributed by atoms with Gasteiger partial charge in [0, 0.05) is 35.8 Å². The van der Waals surface area contributed by atoms with Gasteiger partial charge in [-0.25, -0.2) is 4.79 Å². The maximum absolute atomic E-state index is 11.2. The van der Waals surface area contributed by atoms with E-state index >= 15 is 0 Å². The van der Waals surface area contributed by atoms with Gasteiger partial charge in [0.2, 0.25) is 0 Å². The van der Waals surface area contributed by atoms with Crippen LogP contribution in [0, 0.1) is 6.92 Å². The summed E-state index contributed by atoms with van der Waals surface area (Å²) in [6, 6.07) is 1.77. The molecule has 0 spiro atoms. The lowest BCUT2D eigenvalue weighted by Crippen LogP contribution is -2.01. The highest BCUT2D eigenvalue weighted by atomic mass is 16.4. The topological polar surface area (TPSA) is 68.0 Å². The van der Waals surface area contributed by atoms with Crippen molar-refractivity contribution in [2.24, 2.45) is 0 Å². The molecule has 0 amide bonds. The average molecular weight is 245 g/mol. The maximum Gasteiger partial charge on any atom is 0.337 e. The Bertz CT molecular complexity index is 575. The summed E-state index contributed by atoms with van der Waals surface area (Å²) < 4.78 is 1.82. The molecule has 94 valence electrons. The van der Waals surface area contributed by atoms with Gasteiger partial charge < -0.3 is 5.11 Å². The van der Waals surface area contributed by atoms with Gasteiger partial charge in [0.25, 0.3) is 0 Å². The lowest BCUT2D eigenvalue weighted by atomic mass is 10.0. The fourth-order valence-electron chi connectivity index (χ4n) is 1.82. The molecule has 0 saturated heterocycles. The molecule has 5 nitrogen and oxygen atoms in total. The molecular weight excluding hydrogens is 230 g/mol. The van der Waals surface area contributed by atoms with Crippen LogP contribution in [0.5, 0.6) is 0 Å². The van der Waals surface area contributed by atoms with Gasteiger partial charge in [0.1, 0.15) is 0 Å². The second-order valence-electron chi connectivity index (χ2n) is 4.17. The first-order valence-electron chi connectivity index (χ1n) is 5.84. The molecular formula is C13H15N3O2. The maximum atomic E-state index is 11.2. The molecule has 2 heterocycles. The predicted molar refractivity (Wildman–Crippen MR) is 67.4 cm³/mol. The zero-order valence-electron chi connectivity index (χ0n) is 10.4. The molecule has 18 heavy (non-hydrogen) atoms. The Balaban J connectivity index is 2.47. The fraction of sp³-hybridized carbons (Fsp3) is 0.308. The third kappa shape index (κ3) is 2.40. The van der Waals surface area contributed by atoms with Crippen LogP contribution in [0.4, 0.5) is 0 Å². The van der Waals surface area contributed by atoms with Crippen LogP contribution in [0.25, 0.3) is 11.1 Å². The molecule has 2 rings (SSSR count). The van der Waals surface area contributed by atoms with E-state index in [1.165, 1.54) is 6.20 Å². The molecule has 1 N–H and O–H groups in total. The van der Waals surface area contributed by atoms with E-state index in [1.54, 1.807) is 12.3 Å². The van der Waals surface area contributed by atoms with Crippen molar-refractivity contribution in [1.29, 1.82) is 0 Å². The van der Waals surface area contributed by atoms with Crippen molar-refractivity contribution in [3.8, 4) is 11.1 Å². The van der Waals surface area contributed by atoms with Crippen molar-refractivity contribution < 1.29 is 9.90 Å². The van der Waals surface area contributed by atoms with E-state index in [9.17, 15) is 4.79 Å². The summed E-state index contributed by atoms with van der Waals surface area (Å²) in [4.78, 5) is 15.2. The van der Waals surface area contributed by atoms with Crippen LogP contribution in [-0.4, -0.2) is 25.8 Å². The number of nitrogens with zero attached hydrogens (tertiary/aromatic N) is 3. The molecule has 5 heteroatoms. The number of rotatable bonds is 4. The fourth-order valence-corrected chi connectivity index (χ4v) is 1.82. The van der Waals surface area contributed by atoms with Gasteiger partial charge in [-0.2, -0.15) is 5.10 Å². The second kappa shape index (κ2) is 5.00. The number of carbonyl (C=O) groups is 1. The summed E-state index contributed by atoms with van der Waals surface area (Å²) >= 11 is 0. The van der Waals surface area contributed by atoms with Crippen LogP contribution in [-0.2, 0) is 6.54 Å². The highest BCUT2D eigenvalue weighted by Gasteiger charge is 2.14. The number of aromatic carboxylic acids is 1. The number of carboxylic acids is 1. The van der Waals surface area contributed by atoms with Crippen LogP contribution in [0.1, 0.15) is 29.4 Å². The second-order valence-corrected chi connectivity index (χ2v) is 4.17. The zero-order valence-corrected chi connectivity index (χ0v) is 10.4. The molecule has 0 aliphatic heterocycles. The van der Waals surface area contributed by atoms with E-state index < -0.39 is 5.97 Å². The van der Waals surface area contributed by atoms with Crippen LogP contribution < -0.4 is 0 Å². The Hall–Kier alpha value is -2.17. The number of pyridine rings is 1. The number of carboxylic acid groups (broad SMARTS) is 1. The van der Waals surface area contributed by atoms with Crippen molar-refractivity contribution in [3.63, 3.8) is 0 Å². The molecule has 2 aromatic heterocycles. The van der Waals surface area contributed by atoms with E-state index in [-0.39, 0.29) is 5.56 Å². The number of aromatic nitrogens is 3. The van der Waals surface area contributed by atoms with E-state index in [0.717, 1.165) is 24.2 Å². The molecule has 0 fully saturated rings. The monoisotopic (exact) mass is 245 g/mol. The number of hydrogen-bond donors (Lipinski definition) is 1. The summed E-state index contributed by atoms with van der Waals surface area (Å²) in [5, 5.41) is 13.4. The van der Waals surface area contributed by atoms with Gasteiger partial charge in [0.15, 0.2) is 0 Å². The third-order valence-corrected chi connectivity index (χ3v) is 2.67. The third-order valence-electron chi connectivity index (χ3n) is 2.67. The minimum absolute atomic E-state index is 0.205. The summed E-state index contributed by atoms with van der Waals surface area (Å²) in [6.07, 6.45) is 5.94. The first-order chi connectivity index (χ1) is 8.61. The van der Waals surface area contributed by atoms with Gasteiger partial charge in [-0.3, -0.25) is 9.67 Å².